The lowest BCUT2D eigenvalue weighted by Gasteiger charge is -2.08. The third-order valence-corrected chi connectivity index (χ3v) is 5.71. The molecule has 0 aliphatic heterocycles. The highest BCUT2D eigenvalue weighted by Crippen LogP contribution is 2.31. The maximum Gasteiger partial charge on any atom is 0.346 e. The summed E-state index contributed by atoms with van der Waals surface area (Å²) in [4.78, 5) is 12.2. The summed E-state index contributed by atoms with van der Waals surface area (Å²) in [6.45, 7) is 0. The van der Waals surface area contributed by atoms with Crippen LogP contribution in [0, 0.1) is 5.82 Å². The number of halogens is 1. The summed E-state index contributed by atoms with van der Waals surface area (Å²) in [7, 11) is -2.60. The number of para-hydroxylation sites is 1. The van der Waals surface area contributed by atoms with E-state index < -0.39 is 27.4 Å². The Kier molecular flexibility index (Phi) is 4.37. The summed E-state index contributed by atoms with van der Waals surface area (Å²) in [5, 5.41) is 1.59. The smallest absolute Gasteiger partial charge is 0.346 e. The zero-order chi connectivity index (χ0) is 19.9. The summed E-state index contributed by atoms with van der Waals surface area (Å²) < 4.78 is 51.0. The van der Waals surface area contributed by atoms with Crippen LogP contribution in [0.15, 0.2) is 70.0 Å². The Hall–Kier alpha value is -3.23. The summed E-state index contributed by atoms with van der Waals surface area (Å²) in [6, 6.07) is 15.1. The van der Waals surface area contributed by atoms with Crippen LogP contribution in [0.3, 0.4) is 0 Å². The number of carbonyl (C=O) groups excluding carboxylic acids is 1. The van der Waals surface area contributed by atoms with Gasteiger partial charge in [0, 0.05) is 10.8 Å². The van der Waals surface area contributed by atoms with Gasteiger partial charge >= 0.3 is 5.97 Å². The number of fused-ring (bicyclic) bond motifs is 3. The molecule has 0 saturated heterocycles. The van der Waals surface area contributed by atoms with Crippen LogP contribution >= 0.6 is 0 Å². The van der Waals surface area contributed by atoms with Gasteiger partial charge in [0.2, 0.25) is 10.0 Å². The Bertz CT molecular complexity index is 1330. The van der Waals surface area contributed by atoms with E-state index in [1.54, 1.807) is 12.1 Å². The van der Waals surface area contributed by atoms with Gasteiger partial charge in [-0.2, -0.15) is 0 Å². The topological polar surface area (TPSA) is 85.6 Å². The monoisotopic (exact) mass is 399 g/mol. The number of hydrogen-bond donors (Lipinski definition) is 1. The third kappa shape index (κ3) is 3.12. The summed E-state index contributed by atoms with van der Waals surface area (Å²) >= 11 is 0. The SMILES string of the molecule is CNS(=O)(=O)c1ccc(F)c(C(=O)Oc2ccc3oc4ccccc4c3c2)c1. The Morgan fingerprint density at radius 2 is 1.75 bits per heavy atom. The molecule has 0 atom stereocenters. The van der Waals surface area contributed by atoms with E-state index in [0.717, 1.165) is 29.0 Å². The number of furan rings is 1. The minimum absolute atomic E-state index is 0.185. The van der Waals surface area contributed by atoms with E-state index in [4.69, 9.17) is 9.15 Å². The van der Waals surface area contributed by atoms with Crippen molar-refractivity contribution in [3.63, 3.8) is 0 Å². The standard InChI is InChI=1S/C20H14FNO5S/c1-22-28(24,25)13-7-8-17(21)16(11-13)20(23)26-12-6-9-19-15(10-12)14-4-2-3-5-18(14)27-19/h2-11,22H,1H3. The quantitative estimate of drug-likeness (QED) is 0.416. The highest BCUT2D eigenvalue weighted by Gasteiger charge is 2.20. The van der Waals surface area contributed by atoms with Crippen molar-refractivity contribution in [3.8, 4) is 5.75 Å². The molecule has 6 nitrogen and oxygen atoms in total. The molecule has 0 saturated carbocycles. The predicted molar refractivity (Wildman–Crippen MR) is 101 cm³/mol. The van der Waals surface area contributed by atoms with Gasteiger partial charge in [-0.15, -0.1) is 0 Å². The van der Waals surface area contributed by atoms with E-state index in [9.17, 15) is 17.6 Å². The molecule has 0 amide bonds. The molecule has 1 N–H and O–H groups in total. The fourth-order valence-electron chi connectivity index (χ4n) is 2.88. The molecular formula is C20H14FNO5S. The van der Waals surface area contributed by atoms with Crippen molar-refractivity contribution in [2.24, 2.45) is 0 Å². The van der Waals surface area contributed by atoms with Crippen LogP contribution in [-0.4, -0.2) is 21.4 Å². The van der Waals surface area contributed by atoms with Crippen molar-refractivity contribution in [2.75, 3.05) is 7.05 Å². The number of esters is 1. The van der Waals surface area contributed by atoms with Crippen LogP contribution in [0.5, 0.6) is 5.75 Å². The second-order valence-electron chi connectivity index (χ2n) is 5.99. The highest BCUT2D eigenvalue weighted by molar-refractivity contribution is 7.89. The summed E-state index contributed by atoms with van der Waals surface area (Å²) in [6.07, 6.45) is 0. The summed E-state index contributed by atoms with van der Waals surface area (Å²) in [5.74, 6) is -1.70. The van der Waals surface area contributed by atoms with Gasteiger partial charge in [0.25, 0.3) is 0 Å². The Labute approximate surface area is 159 Å². The maximum absolute atomic E-state index is 14.1. The molecule has 0 aliphatic rings. The molecule has 3 aromatic carbocycles. The fraction of sp³-hybridized carbons (Fsp3) is 0.0500. The lowest BCUT2D eigenvalue weighted by molar-refractivity contribution is 0.0730. The van der Waals surface area contributed by atoms with Crippen LogP contribution in [0.4, 0.5) is 4.39 Å². The van der Waals surface area contributed by atoms with Crippen LogP contribution in [-0.2, 0) is 10.0 Å². The van der Waals surface area contributed by atoms with Gasteiger partial charge in [0.15, 0.2) is 0 Å². The first kappa shape index (κ1) is 18.1. The van der Waals surface area contributed by atoms with Crippen LogP contribution in [0.1, 0.15) is 10.4 Å². The normalized spacial score (nSPS) is 11.8. The molecule has 0 bridgehead atoms. The minimum Gasteiger partial charge on any atom is -0.456 e. The van der Waals surface area contributed by atoms with E-state index in [2.05, 4.69) is 4.72 Å². The Morgan fingerprint density at radius 1 is 1.00 bits per heavy atom. The molecule has 0 aliphatic carbocycles. The first-order valence-corrected chi connectivity index (χ1v) is 9.74. The van der Waals surface area contributed by atoms with Crippen molar-refractivity contribution >= 4 is 37.9 Å². The van der Waals surface area contributed by atoms with E-state index in [1.165, 1.54) is 13.1 Å². The van der Waals surface area contributed by atoms with Crippen molar-refractivity contribution in [1.29, 1.82) is 0 Å². The van der Waals surface area contributed by atoms with Crippen molar-refractivity contribution in [2.45, 2.75) is 4.90 Å². The molecule has 8 heteroatoms. The first-order chi connectivity index (χ1) is 13.4. The van der Waals surface area contributed by atoms with E-state index >= 15 is 0 Å². The zero-order valence-corrected chi connectivity index (χ0v) is 15.4. The number of hydrogen-bond acceptors (Lipinski definition) is 5. The first-order valence-electron chi connectivity index (χ1n) is 8.25. The van der Waals surface area contributed by atoms with Gasteiger partial charge < -0.3 is 9.15 Å². The summed E-state index contributed by atoms with van der Waals surface area (Å²) in [5.41, 5.74) is 0.833. The molecule has 0 spiro atoms. The van der Waals surface area contributed by atoms with E-state index in [1.807, 2.05) is 24.3 Å². The fourth-order valence-corrected chi connectivity index (χ4v) is 3.63. The van der Waals surface area contributed by atoms with Gasteiger partial charge in [0.1, 0.15) is 22.7 Å². The number of rotatable bonds is 4. The second-order valence-corrected chi connectivity index (χ2v) is 7.88. The Balaban J connectivity index is 1.70. The second kappa shape index (κ2) is 6.74. The largest absolute Gasteiger partial charge is 0.456 e. The van der Waals surface area contributed by atoms with Gasteiger partial charge in [-0.3, -0.25) is 0 Å². The van der Waals surface area contributed by atoms with Gasteiger partial charge in [-0.1, -0.05) is 18.2 Å². The van der Waals surface area contributed by atoms with Gasteiger partial charge in [-0.05, 0) is 49.5 Å². The molecule has 1 heterocycles. The van der Waals surface area contributed by atoms with Crippen LogP contribution in [0.2, 0.25) is 0 Å². The minimum atomic E-state index is -3.83. The molecule has 0 unspecified atom stereocenters. The average molecular weight is 399 g/mol. The lowest BCUT2D eigenvalue weighted by Crippen LogP contribution is -2.20. The number of carbonyl (C=O) groups is 1. The molecular weight excluding hydrogens is 385 g/mol. The molecule has 4 aromatic rings. The van der Waals surface area contributed by atoms with E-state index in [-0.39, 0.29) is 10.6 Å². The Morgan fingerprint density at radius 3 is 2.54 bits per heavy atom. The van der Waals surface area contributed by atoms with Gasteiger partial charge in [-0.25, -0.2) is 22.3 Å². The van der Waals surface area contributed by atoms with Crippen molar-refractivity contribution in [3.05, 3.63) is 72.0 Å². The molecule has 28 heavy (non-hydrogen) atoms. The number of nitrogens with one attached hydrogen (secondary N) is 1. The lowest BCUT2D eigenvalue weighted by atomic mass is 10.1. The van der Waals surface area contributed by atoms with Gasteiger partial charge in [0.05, 0.1) is 10.5 Å². The molecule has 0 radical (unpaired) electrons. The van der Waals surface area contributed by atoms with Crippen LogP contribution in [0.25, 0.3) is 21.9 Å². The number of sulfonamides is 1. The zero-order valence-electron chi connectivity index (χ0n) is 14.6. The average Bonchev–Trinajstić information content (AvgIpc) is 3.06. The third-order valence-electron chi connectivity index (χ3n) is 4.30. The molecule has 0 fully saturated rings. The van der Waals surface area contributed by atoms with Crippen molar-refractivity contribution < 1.29 is 26.8 Å². The molecule has 142 valence electrons. The van der Waals surface area contributed by atoms with Crippen molar-refractivity contribution in [1.82, 2.24) is 4.72 Å². The highest BCUT2D eigenvalue weighted by atomic mass is 32.2. The van der Waals surface area contributed by atoms with E-state index in [0.29, 0.717) is 11.2 Å². The van der Waals surface area contributed by atoms with Crippen LogP contribution < -0.4 is 9.46 Å². The predicted octanol–water partition coefficient (Wildman–Crippen LogP) is 3.85. The maximum atomic E-state index is 14.1. The molecule has 4 rings (SSSR count). The molecule has 1 aromatic heterocycles. The number of benzene rings is 3. The number of ether oxygens (including phenoxy) is 1.